The lowest BCUT2D eigenvalue weighted by Crippen LogP contribution is -2.51. The zero-order valence-electron chi connectivity index (χ0n) is 15.8. The van der Waals surface area contributed by atoms with Crippen LogP contribution in [0.5, 0.6) is 5.75 Å². The number of fused-ring (bicyclic) bond motifs is 1. The molecule has 0 radical (unpaired) electrons. The van der Waals surface area contributed by atoms with E-state index in [0.717, 1.165) is 17.5 Å². The van der Waals surface area contributed by atoms with Gasteiger partial charge in [-0.25, -0.2) is 17.9 Å². The first-order chi connectivity index (χ1) is 14.5. The number of hydrogen-bond donors (Lipinski definition) is 2. The quantitative estimate of drug-likeness (QED) is 0.676. The molecule has 1 atom stereocenters. The number of carbonyl (C=O) groups excluding carboxylic acids is 1. The molecule has 1 aliphatic heterocycles. The van der Waals surface area contributed by atoms with E-state index in [4.69, 9.17) is 11.6 Å². The Morgan fingerprint density at radius 3 is 2.52 bits per heavy atom. The summed E-state index contributed by atoms with van der Waals surface area (Å²) >= 11 is 6.04. The first-order valence-electron chi connectivity index (χ1n) is 8.83. The number of halogens is 4. The molecule has 0 aliphatic carbocycles. The maximum absolute atomic E-state index is 12.9. The minimum Gasteiger partial charge on any atom is -0.406 e. The van der Waals surface area contributed by atoms with Gasteiger partial charge in [0.2, 0.25) is 10.0 Å². The van der Waals surface area contributed by atoms with Crippen LogP contribution in [-0.4, -0.2) is 33.4 Å². The second-order valence-corrected chi connectivity index (χ2v) is 8.71. The van der Waals surface area contributed by atoms with Gasteiger partial charge in [-0.15, -0.1) is 13.2 Å². The highest BCUT2D eigenvalue weighted by molar-refractivity contribution is 7.92. The number of benzene rings is 2. The minimum absolute atomic E-state index is 0.0167. The van der Waals surface area contributed by atoms with Crippen LogP contribution in [0.3, 0.4) is 0 Å². The molecule has 2 N–H and O–H groups in total. The number of urea groups is 1. The van der Waals surface area contributed by atoms with Gasteiger partial charge in [0.1, 0.15) is 5.75 Å². The van der Waals surface area contributed by atoms with Crippen molar-refractivity contribution in [3.05, 3.63) is 65.0 Å². The van der Waals surface area contributed by atoms with Crippen molar-refractivity contribution in [2.24, 2.45) is 0 Å². The molecule has 1 heterocycles. The predicted molar refractivity (Wildman–Crippen MR) is 111 cm³/mol. The number of amides is 2. The van der Waals surface area contributed by atoms with Crippen LogP contribution in [0.15, 0.2) is 54.5 Å². The fourth-order valence-corrected chi connectivity index (χ4v) is 4.03. The Bertz CT molecular complexity index is 1090. The van der Waals surface area contributed by atoms with Crippen LogP contribution in [-0.2, 0) is 16.4 Å². The number of ether oxygens (including phenoxy) is 1. The van der Waals surface area contributed by atoms with Crippen LogP contribution in [0.1, 0.15) is 5.56 Å². The zero-order chi connectivity index (χ0) is 22.8. The molecule has 2 amide bonds. The number of nitrogens with zero attached hydrogens (tertiary/aromatic N) is 1. The Hall–Kier alpha value is -2.76. The van der Waals surface area contributed by atoms with E-state index in [1.807, 2.05) is 0 Å². The van der Waals surface area contributed by atoms with Gasteiger partial charge < -0.3 is 10.1 Å². The van der Waals surface area contributed by atoms with Crippen molar-refractivity contribution in [1.82, 2.24) is 4.72 Å². The average molecular weight is 476 g/mol. The third kappa shape index (κ3) is 6.12. The maximum atomic E-state index is 12.9. The second-order valence-electron chi connectivity index (χ2n) is 6.62. The lowest BCUT2D eigenvalue weighted by atomic mass is 9.99. The number of anilines is 2. The third-order valence-electron chi connectivity index (χ3n) is 4.34. The number of rotatable bonds is 5. The normalized spacial score (nSPS) is 16.4. The van der Waals surface area contributed by atoms with Gasteiger partial charge in [0, 0.05) is 34.4 Å². The molecule has 12 heteroatoms. The first kappa shape index (κ1) is 22.9. The fourth-order valence-electron chi connectivity index (χ4n) is 3.11. The zero-order valence-corrected chi connectivity index (χ0v) is 17.4. The Labute approximate surface area is 181 Å². The van der Waals surface area contributed by atoms with Crippen molar-refractivity contribution in [3.63, 3.8) is 0 Å². The molecule has 166 valence electrons. The summed E-state index contributed by atoms with van der Waals surface area (Å²) in [5.41, 5.74) is 1.41. The molecular formula is C19H17ClF3N3O4S. The second kappa shape index (κ2) is 8.77. The van der Waals surface area contributed by atoms with Gasteiger partial charge in [-0.2, -0.15) is 0 Å². The molecule has 0 aromatic heterocycles. The fraction of sp³-hybridized carbons (Fsp3) is 0.211. The largest absolute Gasteiger partial charge is 0.573 e. The van der Waals surface area contributed by atoms with Crippen molar-refractivity contribution in [1.29, 1.82) is 0 Å². The standard InChI is InChI=1S/C19H17ClF3N3O4S/c1-2-31(28,29)25-15-10-12-9-13(20)3-8-17(12)26(11-15)18(27)24-14-4-6-16(7-5-14)30-19(21,22)23/h2-9,15,25H,1,10-11H2,(H,24,27)/t15-/m1/s1. The van der Waals surface area contributed by atoms with Crippen molar-refractivity contribution in [2.75, 3.05) is 16.8 Å². The molecule has 2 aromatic rings. The molecular weight excluding hydrogens is 459 g/mol. The van der Waals surface area contributed by atoms with Crippen molar-refractivity contribution in [2.45, 2.75) is 18.8 Å². The van der Waals surface area contributed by atoms with E-state index >= 15 is 0 Å². The van der Waals surface area contributed by atoms with Crippen LogP contribution >= 0.6 is 11.6 Å². The van der Waals surface area contributed by atoms with E-state index < -0.39 is 34.2 Å². The van der Waals surface area contributed by atoms with Crippen molar-refractivity contribution < 1.29 is 31.1 Å². The molecule has 0 unspecified atom stereocenters. The number of alkyl halides is 3. The molecule has 0 saturated carbocycles. The summed E-state index contributed by atoms with van der Waals surface area (Å²) in [6.45, 7) is 3.27. The topological polar surface area (TPSA) is 87.7 Å². The number of sulfonamides is 1. The highest BCUT2D eigenvalue weighted by atomic mass is 35.5. The summed E-state index contributed by atoms with van der Waals surface area (Å²) in [5, 5.41) is 3.77. The van der Waals surface area contributed by atoms with Gasteiger partial charge in [-0.1, -0.05) is 18.2 Å². The van der Waals surface area contributed by atoms with Gasteiger partial charge in [-0.05, 0) is 54.4 Å². The molecule has 0 fully saturated rings. The van der Waals surface area contributed by atoms with E-state index in [1.54, 1.807) is 18.2 Å². The summed E-state index contributed by atoms with van der Waals surface area (Å²) in [6, 6.07) is 8.26. The van der Waals surface area contributed by atoms with E-state index in [2.05, 4.69) is 21.4 Å². The van der Waals surface area contributed by atoms with Crippen LogP contribution in [0, 0.1) is 0 Å². The summed E-state index contributed by atoms with van der Waals surface area (Å²) < 4.78 is 66.8. The van der Waals surface area contributed by atoms with Gasteiger partial charge >= 0.3 is 12.4 Å². The molecule has 0 saturated heterocycles. The van der Waals surface area contributed by atoms with E-state index in [1.165, 1.54) is 17.0 Å². The van der Waals surface area contributed by atoms with Crippen LogP contribution in [0.25, 0.3) is 0 Å². The van der Waals surface area contributed by atoms with Gasteiger partial charge in [0.25, 0.3) is 0 Å². The molecule has 7 nitrogen and oxygen atoms in total. The van der Waals surface area contributed by atoms with Gasteiger partial charge in [0.15, 0.2) is 0 Å². The summed E-state index contributed by atoms with van der Waals surface area (Å²) in [5.74, 6) is -0.428. The van der Waals surface area contributed by atoms with Crippen molar-refractivity contribution >= 4 is 39.0 Å². The number of carbonyl (C=O) groups is 1. The first-order valence-corrected chi connectivity index (χ1v) is 10.8. The predicted octanol–water partition coefficient (Wildman–Crippen LogP) is 4.26. The molecule has 0 bridgehead atoms. The lowest BCUT2D eigenvalue weighted by Gasteiger charge is -2.34. The molecule has 31 heavy (non-hydrogen) atoms. The van der Waals surface area contributed by atoms with Crippen molar-refractivity contribution in [3.8, 4) is 5.75 Å². The molecule has 3 rings (SSSR count). The van der Waals surface area contributed by atoms with Gasteiger partial charge in [-0.3, -0.25) is 4.90 Å². The van der Waals surface area contributed by atoms with E-state index in [0.29, 0.717) is 22.7 Å². The van der Waals surface area contributed by atoms with Crippen LogP contribution < -0.4 is 19.7 Å². The third-order valence-corrected chi connectivity index (χ3v) is 5.67. The number of nitrogens with one attached hydrogen (secondary N) is 2. The summed E-state index contributed by atoms with van der Waals surface area (Å²) in [6.07, 6.45) is -4.52. The highest BCUT2D eigenvalue weighted by Gasteiger charge is 2.32. The SMILES string of the molecule is C=CS(=O)(=O)N[C@@H]1Cc2cc(Cl)ccc2N(C(=O)Nc2ccc(OC(F)(F)F)cc2)C1. The highest BCUT2D eigenvalue weighted by Crippen LogP contribution is 2.31. The summed E-state index contributed by atoms with van der Waals surface area (Å²) in [7, 11) is -3.74. The molecule has 0 spiro atoms. The lowest BCUT2D eigenvalue weighted by molar-refractivity contribution is -0.274. The monoisotopic (exact) mass is 475 g/mol. The van der Waals surface area contributed by atoms with E-state index in [9.17, 15) is 26.4 Å². The number of hydrogen-bond acceptors (Lipinski definition) is 4. The summed E-state index contributed by atoms with van der Waals surface area (Å²) in [4.78, 5) is 14.2. The Morgan fingerprint density at radius 1 is 1.23 bits per heavy atom. The maximum Gasteiger partial charge on any atom is 0.573 e. The molecule has 2 aromatic carbocycles. The Kier molecular flexibility index (Phi) is 6.48. The average Bonchev–Trinajstić information content (AvgIpc) is 2.67. The van der Waals surface area contributed by atoms with Gasteiger partial charge in [0.05, 0.1) is 0 Å². The van der Waals surface area contributed by atoms with Crippen LogP contribution in [0.4, 0.5) is 29.3 Å². The Balaban J connectivity index is 1.81. The Morgan fingerprint density at radius 2 is 1.90 bits per heavy atom. The molecule has 1 aliphatic rings. The van der Waals surface area contributed by atoms with Crippen LogP contribution in [0.2, 0.25) is 5.02 Å². The smallest absolute Gasteiger partial charge is 0.406 e. The minimum atomic E-state index is -4.82. The van der Waals surface area contributed by atoms with E-state index in [-0.39, 0.29) is 12.2 Å².